The smallest absolute Gasteiger partial charge is 0.407 e. The van der Waals surface area contributed by atoms with Gasteiger partial charge in [0.15, 0.2) is 11.5 Å². The van der Waals surface area contributed by atoms with Gasteiger partial charge in [0.2, 0.25) is 5.89 Å². The largest absolute Gasteiger partial charge is 0.444 e. The van der Waals surface area contributed by atoms with Crippen molar-refractivity contribution < 1.29 is 18.2 Å². The van der Waals surface area contributed by atoms with E-state index in [1.54, 1.807) is 27.0 Å². The van der Waals surface area contributed by atoms with E-state index in [0.29, 0.717) is 18.0 Å². The highest BCUT2D eigenvalue weighted by Gasteiger charge is 2.18. The van der Waals surface area contributed by atoms with Gasteiger partial charge in [0, 0.05) is 28.7 Å². The Morgan fingerprint density at radius 3 is 2.55 bits per heavy atom. The van der Waals surface area contributed by atoms with Crippen LogP contribution in [-0.2, 0) is 22.0 Å². The molecule has 176 valence electrons. The Balaban J connectivity index is 1.71. The second-order valence-electron chi connectivity index (χ2n) is 8.54. The quantitative estimate of drug-likeness (QED) is 0.528. The fraction of sp³-hybridized carbons (Fsp3) is 0.409. The summed E-state index contributed by atoms with van der Waals surface area (Å²) in [7, 11) is -1.07. The Kier molecular flexibility index (Phi) is 7.42. The number of amides is 1. The summed E-state index contributed by atoms with van der Waals surface area (Å²) in [6.07, 6.45) is 1.34. The molecule has 1 atom stereocenters. The summed E-state index contributed by atoms with van der Waals surface area (Å²) < 4.78 is 23.1. The number of anilines is 1. The number of hydrogen-bond acceptors (Lipinski definition) is 9. The maximum atomic E-state index is 12.3. The topological polar surface area (TPSA) is 146 Å². The van der Waals surface area contributed by atoms with Gasteiger partial charge in [-0.1, -0.05) is 26.0 Å². The van der Waals surface area contributed by atoms with Gasteiger partial charge in [-0.05, 0) is 32.9 Å². The number of benzene rings is 1. The van der Waals surface area contributed by atoms with Gasteiger partial charge in [-0.25, -0.2) is 14.8 Å². The number of nitrogen functional groups attached to an aromatic ring is 1. The summed E-state index contributed by atoms with van der Waals surface area (Å²) in [6, 6.07) is 7.29. The fourth-order valence-electron chi connectivity index (χ4n) is 2.76. The van der Waals surface area contributed by atoms with Crippen LogP contribution >= 0.6 is 0 Å². The number of carbonyl (C=O) groups is 1. The van der Waals surface area contributed by atoms with E-state index in [2.05, 4.69) is 25.5 Å². The van der Waals surface area contributed by atoms with Crippen LogP contribution in [0.15, 0.2) is 39.8 Å². The highest BCUT2D eigenvalue weighted by Crippen LogP contribution is 2.26. The third-order valence-electron chi connectivity index (χ3n) is 4.29. The Morgan fingerprint density at radius 2 is 1.91 bits per heavy atom. The van der Waals surface area contributed by atoms with Crippen LogP contribution < -0.4 is 11.1 Å². The zero-order valence-corrected chi connectivity index (χ0v) is 20.1. The first kappa shape index (κ1) is 24.3. The Morgan fingerprint density at radius 1 is 1.21 bits per heavy atom. The lowest BCUT2D eigenvalue weighted by Crippen LogP contribution is -2.33. The van der Waals surface area contributed by atoms with E-state index in [-0.39, 0.29) is 29.2 Å². The molecule has 0 aliphatic rings. The lowest BCUT2D eigenvalue weighted by molar-refractivity contribution is 0.0528. The van der Waals surface area contributed by atoms with E-state index < -0.39 is 22.5 Å². The molecule has 0 radical (unpaired) electrons. The molecule has 3 rings (SSSR count). The summed E-state index contributed by atoms with van der Waals surface area (Å²) in [5.74, 6) is 0.596. The number of ether oxygens (including phenoxy) is 1. The molecule has 3 N–H and O–H groups in total. The van der Waals surface area contributed by atoms with Gasteiger partial charge in [0.1, 0.15) is 5.60 Å². The summed E-state index contributed by atoms with van der Waals surface area (Å²) in [6.45, 7) is 9.45. The molecule has 2 heterocycles. The molecule has 33 heavy (non-hydrogen) atoms. The van der Waals surface area contributed by atoms with Gasteiger partial charge in [0.25, 0.3) is 5.89 Å². The van der Waals surface area contributed by atoms with Gasteiger partial charge in [0.05, 0.1) is 22.7 Å². The Hall–Kier alpha value is -3.34. The lowest BCUT2D eigenvalue weighted by Gasteiger charge is -2.19. The van der Waals surface area contributed by atoms with Crippen LogP contribution in [0.1, 0.15) is 40.5 Å². The van der Waals surface area contributed by atoms with Crippen molar-refractivity contribution >= 4 is 22.7 Å². The van der Waals surface area contributed by atoms with Crippen LogP contribution in [0, 0.1) is 0 Å². The number of hydrogen-bond donors (Lipinski definition) is 2. The monoisotopic (exact) mass is 472 g/mol. The molecule has 0 bridgehead atoms. The second kappa shape index (κ2) is 10.1. The van der Waals surface area contributed by atoms with Crippen molar-refractivity contribution in [1.29, 1.82) is 0 Å². The molecule has 0 aliphatic carbocycles. The molecule has 0 saturated carbocycles. The van der Waals surface area contributed by atoms with Crippen molar-refractivity contribution in [3.05, 3.63) is 36.4 Å². The molecule has 1 aromatic carbocycles. The normalized spacial score (nSPS) is 12.5. The average molecular weight is 473 g/mol. The molecule has 0 saturated heterocycles. The van der Waals surface area contributed by atoms with Crippen molar-refractivity contribution in [2.75, 3.05) is 12.3 Å². The molecular weight excluding hydrogens is 444 g/mol. The van der Waals surface area contributed by atoms with Crippen LogP contribution in [-0.4, -0.2) is 47.9 Å². The van der Waals surface area contributed by atoms with Gasteiger partial charge >= 0.3 is 6.09 Å². The van der Waals surface area contributed by atoms with Crippen molar-refractivity contribution in [1.82, 2.24) is 25.5 Å². The standard InChI is InChI=1S/C22H28N6O4S/c1-13(2)33(30)15-8-6-14(7-9-15)16-12-25-19(23)18(26-16)20-28-27-17(31-20)10-11-24-21(29)32-22(3,4)5/h6-9,12-13H,10-11H2,1-5H3,(H2,23,25)(H,24,29). The molecule has 0 spiro atoms. The number of nitrogens with zero attached hydrogens (tertiary/aromatic N) is 4. The van der Waals surface area contributed by atoms with E-state index in [0.717, 1.165) is 10.5 Å². The minimum absolute atomic E-state index is 0.0322. The second-order valence-corrected chi connectivity index (χ2v) is 10.5. The molecular formula is C22H28N6O4S. The van der Waals surface area contributed by atoms with Gasteiger partial charge in [-0.2, -0.15) is 0 Å². The SMILES string of the molecule is CC(C)S(=O)c1ccc(-c2cnc(N)c(-c3nnc(CCNC(=O)OC(C)(C)C)o3)n2)cc1. The lowest BCUT2D eigenvalue weighted by atomic mass is 10.1. The number of nitrogens with one attached hydrogen (secondary N) is 1. The number of aromatic nitrogens is 4. The zero-order chi connectivity index (χ0) is 24.2. The van der Waals surface area contributed by atoms with Crippen LogP contribution in [0.3, 0.4) is 0 Å². The third kappa shape index (κ3) is 6.58. The van der Waals surface area contributed by atoms with E-state index >= 15 is 0 Å². The van der Waals surface area contributed by atoms with Crippen LogP contribution in [0.5, 0.6) is 0 Å². The van der Waals surface area contributed by atoms with Crippen molar-refractivity contribution in [3.8, 4) is 22.8 Å². The van der Waals surface area contributed by atoms with E-state index in [9.17, 15) is 9.00 Å². The number of alkyl carbamates (subject to hydrolysis) is 1. The van der Waals surface area contributed by atoms with Crippen LogP contribution in [0.25, 0.3) is 22.8 Å². The van der Waals surface area contributed by atoms with Crippen molar-refractivity contribution in [3.63, 3.8) is 0 Å². The van der Waals surface area contributed by atoms with Gasteiger partial charge in [-0.3, -0.25) is 4.21 Å². The van der Waals surface area contributed by atoms with Crippen LogP contribution in [0.4, 0.5) is 10.6 Å². The maximum absolute atomic E-state index is 12.3. The minimum atomic E-state index is -1.07. The highest BCUT2D eigenvalue weighted by molar-refractivity contribution is 7.85. The van der Waals surface area contributed by atoms with Crippen LogP contribution in [0.2, 0.25) is 0 Å². The Labute approximate surface area is 194 Å². The molecule has 1 unspecified atom stereocenters. The van der Waals surface area contributed by atoms with Gasteiger partial charge < -0.3 is 20.2 Å². The predicted molar refractivity (Wildman–Crippen MR) is 125 cm³/mol. The summed E-state index contributed by atoms with van der Waals surface area (Å²) in [5.41, 5.74) is 7.03. The summed E-state index contributed by atoms with van der Waals surface area (Å²) in [5, 5.41) is 10.7. The number of rotatable bonds is 7. The Bertz CT molecular complexity index is 1140. The van der Waals surface area contributed by atoms with Crippen molar-refractivity contribution in [2.45, 2.75) is 56.8 Å². The molecule has 1 amide bonds. The first-order chi connectivity index (χ1) is 15.5. The molecule has 0 fully saturated rings. The fourth-order valence-corrected chi connectivity index (χ4v) is 3.71. The van der Waals surface area contributed by atoms with E-state index in [1.165, 1.54) is 0 Å². The maximum Gasteiger partial charge on any atom is 0.407 e. The summed E-state index contributed by atoms with van der Waals surface area (Å²) >= 11 is 0. The third-order valence-corrected chi connectivity index (χ3v) is 5.88. The molecule has 11 heteroatoms. The number of carbonyl (C=O) groups excluding carboxylic acids is 1. The van der Waals surface area contributed by atoms with E-state index in [4.69, 9.17) is 14.9 Å². The van der Waals surface area contributed by atoms with Crippen molar-refractivity contribution in [2.24, 2.45) is 0 Å². The molecule has 10 nitrogen and oxygen atoms in total. The molecule has 3 aromatic rings. The molecule has 0 aliphatic heterocycles. The number of nitrogens with two attached hydrogens (primary N) is 1. The first-order valence-electron chi connectivity index (χ1n) is 10.5. The first-order valence-corrected chi connectivity index (χ1v) is 11.7. The van der Waals surface area contributed by atoms with E-state index in [1.807, 2.05) is 38.1 Å². The van der Waals surface area contributed by atoms with Gasteiger partial charge in [-0.15, -0.1) is 10.2 Å². The predicted octanol–water partition coefficient (Wildman–Crippen LogP) is 3.36. The zero-order valence-electron chi connectivity index (χ0n) is 19.3. The highest BCUT2D eigenvalue weighted by atomic mass is 32.2. The minimum Gasteiger partial charge on any atom is -0.444 e. The summed E-state index contributed by atoms with van der Waals surface area (Å²) in [4.78, 5) is 21.2. The average Bonchev–Trinajstić information content (AvgIpc) is 3.21. The molecule has 2 aromatic heterocycles.